The maximum Gasteiger partial charge on any atom is 0.173 e. The highest BCUT2D eigenvalue weighted by atomic mass is 16.7. The van der Waals surface area contributed by atoms with Gasteiger partial charge < -0.3 is 15.2 Å². The number of nitrogens with two attached hydrogens (primary N) is 2. The molecular weight excluding hydrogens is 208 g/mol. The van der Waals surface area contributed by atoms with Crippen molar-refractivity contribution in [3.63, 3.8) is 0 Å². The van der Waals surface area contributed by atoms with Crippen molar-refractivity contribution in [1.82, 2.24) is 10.4 Å². The van der Waals surface area contributed by atoms with Gasteiger partial charge >= 0.3 is 0 Å². The Hall–Kier alpha value is -1.21. The van der Waals surface area contributed by atoms with E-state index in [9.17, 15) is 0 Å². The number of nitrogen functional groups attached to an aromatic ring is 1. The summed E-state index contributed by atoms with van der Waals surface area (Å²) in [5, 5.41) is 0. The summed E-state index contributed by atoms with van der Waals surface area (Å²) in [5.41, 5.74) is 10.1. The second-order valence-electron chi connectivity index (χ2n) is 3.39. The lowest BCUT2D eigenvalue weighted by atomic mass is 10.1. The molecule has 5 N–H and O–H groups in total. The Balaban J connectivity index is 2.73. The van der Waals surface area contributed by atoms with Gasteiger partial charge in [0.1, 0.15) is 0 Å². The summed E-state index contributed by atoms with van der Waals surface area (Å²) in [6.45, 7) is 0. The molecule has 0 aliphatic carbocycles. The Kier molecular flexibility index (Phi) is 5.13. The molecule has 1 atom stereocenters. The van der Waals surface area contributed by atoms with E-state index in [1.807, 2.05) is 0 Å². The van der Waals surface area contributed by atoms with Crippen molar-refractivity contribution in [2.45, 2.75) is 18.8 Å². The van der Waals surface area contributed by atoms with E-state index in [1.165, 1.54) is 0 Å². The van der Waals surface area contributed by atoms with Gasteiger partial charge in [-0.25, -0.2) is 0 Å². The third-order valence-corrected chi connectivity index (χ3v) is 2.39. The molecule has 0 fully saturated rings. The van der Waals surface area contributed by atoms with Crippen molar-refractivity contribution in [1.29, 1.82) is 0 Å². The van der Waals surface area contributed by atoms with Crippen LogP contribution >= 0.6 is 0 Å². The first-order valence-corrected chi connectivity index (χ1v) is 4.93. The molecule has 0 amide bonds. The van der Waals surface area contributed by atoms with Gasteiger partial charge in [-0.3, -0.25) is 16.3 Å². The molecule has 0 saturated carbocycles. The minimum atomic E-state index is -0.426. The van der Waals surface area contributed by atoms with Gasteiger partial charge in [0.2, 0.25) is 0 Å². The summed E-state index contributed by atoms with van der Waals surface area (Å²) < 4.78 is 10.3. The minimum absolute atomic E-state index is 0.179. The van der Waals surface area contributed by atoms with E-state index in [4.69, 9.17) is 21.1 Å². The molecular formula is C10H18N4O2. The summed E-state index contributed by atoms with van der Waals surface area (Å²) in [7, 11) is 3.12. The normalized spacial score (nSPS) is 13.0. The van der Waals surface area contributed by atoms with Crippen molar-refractivity contribution in [3.05, 3.63) is 24.0 Å². The molecule has 6 heteroatoms. The Morgan fingerprint density at radius 1 is 1.44 bits per heavy atom. The number of hydrogen-bond acceptors (Lipinski definition) is 6. The smallest absolute Gasteiger partial charge is 0.173 e. The number of hydrazine groups is 1. The maximum absolute atomic E-state index is 5.82. The monoisotopic (exact) mass is 226 g/mol. The van der Waals surface area contributed by atoms with E-state index in [2.05, 4.69) is 10.4 Å². The van der Waals surface area contributed by atoms with Crippen molar-refractivity contribution in [2.24, 2.45) is 5.84 Å². The van der Waals surface area contributed by atoms with Gasteiger partial charge in [-0.1, -0.05) is 0 Å². The summed E-state index contributed by atoms with van der Waals surface area (Å²) >= 11 is 0. The number of nitrogens with zero attached hydrogens (tertiary/aromatic N) is 1. The molecule has 0 saturated heterocycles. The lowest BCUT2D eigenvalue weighted by molar-refractivity contribution is -0.122. The maximum atomic E-state index is 5.82. The van der Waals surface area contributed by atoms with E-state index in [0.29, 0.717) is 12.1 Å². The van der Waals surface area contributed by atoms with Crippen molar-refractivity contribution < 1.29 is 9.47 Å². The zero-order valence-electron chi connectivity index (χ0n) is 9.51. The second kappa shape index (κ2) is 6.39. The Labute approximate surface area is 94.9 Å². The average Bonchev–Trinajstić information content (AvgIpc) is 2.31. The van der Waals surface area contributed by atoms with Crippen LogP contribution in [0.3, 0.4) is 0 Å². The third-order valence-electron chi connectivity index (χ3n) is 2.39. The van der Waals surface area contributed by atoms with Crippen LogP contribution in [0.1, 0.15) is 5.56 Å². The molecule has 1 unspecified atom stereocenters. The molecule has 0 bridgehead atoms. The number of aromatic nitrogens is 1. The van der Waals surface area contributed by atoms with Crippen LogP contribution in [0.25, 0.3) is 0 Å². The fourth-order valence-corrected chi connectivity index (χ4v) is 1.50. The predicted molar refractivity (Wildman–Crippen MR) is 61.3 cm³/mol. The lowest BCUT2D eigenvalue weighted by Gasteiger charge is -2.24. The van der Waals surface area contributed by atoms with Gasteiger partial charge in [-0.05, 0) is 18.1 Å². The van der Waals surface area contributed by atoms with Crippen LogP contribution in [0.15, 0.2) is 18.5 Å². The van der Waals surface area contributed by atoms with Gasteiger partial charge in [0.05, 0.1) is 6.04 Å². The number of pyridine rings is 1. The minimum Gasteiger partial charge on any atom is -0.398 e. The molecule has 0 aromatic carbocycles. The SMILES string of the molecule is COC(OC)C(Cc1cnccc1N)NN. The van der Waals surface area contributed by atoms with E-state index in [0.717, 1.165) is 5.56 Å². The quantitative estimate of drug-likeness (QED) is 0.349. The van der Waals surface area contributed by atoms with Crippen LogP contribution in [0, 0.1) is 0 Å². The first kappa shape index (κ1) is 12.9. The zero-order chi connectivity index (χ0) is 12.0. The Morgan fingerprint density at radius 2 is 2.12 bits per heavy atom. The molecule has 6 nitrogen and oxygen atoms in total. The van der Waals surface area contributed by atoms with Crippen molar-refractivity contribution in [3.8, 4) is 0 Å². The van der Waals surface area contributed by atoms with Crippen molar-refractivity contribution >= 4 is 5.69 Å². The number of ether oxygens (including phenoxy) is 2. The van der Waals surface area contributed by atoms with E-state index < -0.39 is 6.29 Å². The largest absolute Gasteiger partial charge is 0.398 e. The molecule has 1 rings (SSSR count). The number of anilines is 1. The molecule has 0 aliphatic rings. The molecule has 0 aliphatic heterocycles. The highest BCUT2D eigenvalue weighted by Crippen LogP contribution is 2.13. The molecule has 1 aromatic heterocycles. The first-order valence-electron chi connectivity index (χ1n) is 4.93. The third kappa shape index (κ3) is 3.14. The van der Waals surface area contributed by atoms with Crippen LogP contribution in [0.2, 0.25) is 0 Å². The topological polar surface area (TPSA) is 95.4 Å². The summed E-state index contributed by atoms with van der Waals surface area (Å²) in [4.78, 5) is 4.01. The van der Waals surface area contributed by atoms with Crippen LogP contribution in [0.4, 0.5) is 5.69 Å². The predicted octanol–water partition coefficient (Wildman–Crippen LogP) is -0.343. The fourth-order valence-electron chi connectivity index (χ4n) is 1.50. The summed E-state index contributed by atoms with van der Waals surface area (Å²) in [5.74, 6) is 5.45. The highest BCUT2D eigenvalue weighted by molar-refractivity contribution is 5.44. The summed E-state index contributed by atoms with van der Waals surface area (Å²) in [6, 6.07) is 1.57. The number of nitrogens with one attached hydrogen (secondary N) is 1. The van der Waals surface area contributed by atoms with Gasteiger partial charge in [-0.15, -0.1) is 0 Å². The van der Waals surface area contributed by atoms with E-state index in [-0.39, 0.29) is 6.04 Å². The Morgan fingerprint density at radius 3 is 2.62 bits per heavy atom. The second-order valence-corrected chi connectivity index (χ2v) is 3.39. The fraction of sp³-hybridized carbons (Fsp3) is 0.500. The molecule has 0 spiro atoms. The number of hydrogen-bond donors (Lipinski definition) is 3. The molecule has 16 heavy (non-hydrogen) atoms. The number of methoxy groups -OCH3 is 2. The van der Waals surface area contributed by atoms with Crippen LogP contribution in [-0.4, -0.2) is 31.5 Å². The molecule has 1 heterocycles. The standard InChI is InChI=1S/C10H18N4O2/c1-15-10(16-2)9(14-12)5-7-6-13-4-3-8(7)11/h3-4,6,9-10,14H,5,12H2,1-2H3,(H2,11,13). The van der Waals surface area contributed by atoms with Gasteiger partial charge in [-0.2, -0.15) is 0 Å². The van der Waals surface area contributed by atoms with Crippen LogP contribution in [0.5, 0.6) is 0 Å². The average molecular weight is 226 g/mol. The van der Waals surface area contributed by atoms with Crippen molar-refractivity contribution in [2.75, 3.05) is 20.0 Å². The first-order chi connectivity index (χ1) is 7.72. The van der Waals surface area contributed by atoms with Gasteiger partial charge in [0.15, 0.2) is 6.29 Å². The molecule has 1 aromatic rings. The highest BCUT2D eigenvalue weighted by Gasteiger charge is 2.20. The van der Waals surface area contributed by atoms with Crippen LogP contribution in [-0.2, 0) is 15.9 Å². The molecule has 0 radical (unpaired) electrons. The van der Waals surface area contributed by atoms with Gasteiger partial charge in [0.25, 0.3) is 0 Å². The Bertz CT molecular complexity index is 317. The number of rotatable bonds is 6. The van der Waals surface area contributed by atoms with Gasteiger partial charge in [0, 0.05) is 32.3 Å². The molecule has 90 valence electrons. The lowest BCUT2D eigenvalue weighted by Crippen LogP contribution is -2.47. The van der Waals surface area contributed by atoms with E-state index >= 15 is 0 Å². The zero-order valence-corrected chi connectivity index (χ0v) is 9.51. The van der Waals surface area contributed by atoms with Crippen LogP contribution < -0.4 is 17.0 Å². The van der Waals surface area contributed by atoms with E-state index in [1.54, 1.807) is 32.7 Å². The summed E-state index contributed by atoms with van der Waals surface area (Å²) in [6.07, 6.45) is 3.52.